The van der Waals surface area contributed by atoms with E-state index in [-0.39, 0.29) is 11.2 Å². The van der Waals surface area contributed by atoms with Crippen molar-refractivity contribution in [1.29, 1.82) is 0 Å². The Bertz CT molecular complexity index is 1320. The van der Waals surface area contributed by atoms with Crippen LogP contribution in [0.25, 0.3) is 11.3 Å². The van der Waals surface area contributed by atoms with E-state index in [1.54, 1.807) is 24.4 Å². The lowest BCUT2D eigenvalue weighted by atomic mass is 9.82. The Morgan fingerprint density at radius 3 is 2.42 bits per heavy atom. The third-order valence-corrected chi connectivity index (χ3v) is 7.23. The molecule has 0 saturated carbocycles. The average Bonchev–Trinajstić information content (AvgIpc) is 2.88. The highest BCUT2D eigenvalue weighted by Gasteiger charge is 2.36. The SMILES string of the molecule is Cc1ncc(-c2cccc(OCCc3ccc(F)cc3)n2)c(N2CCC(C)(C)CC2)c1[C@H](OC(C)(C)C)C(=O)O. The number of benzene rings is 1. The molecule has 0 unspecified atom stereocenters. The molecule has 0 amide bonds. The smallest absolute Gasteiger partial charge is 0.337 e. The number of halogens is 1. The van der Waals surface area contributed by atoms with Crippen LogP contribution in [-0.2, 0) is 16.0 Å². The molecular weight excluding hydrogens is 509 g/mol. The summed E-state index contributed by atoms with van der Waals surface area (Å²) in [4.78, 5) is 24.3. The Labute approximate surface area is 236 Å². The summed E-state index contributed by atoms with van der Waals surface area (Å²) in [6, 6.07) is 11.9. The third-order valence-electron chi connectivity index (χ3n) is 7.23. The van der Waals surface area contributed by atoms with Crippen molar-refractivity contribution < 1.29 is 23.8 Å². The lowest BCUT2D eigenvalue weighted by Gasteiger charge is -2.40. The van der Waals surface area contributed by atoms with Crippen molar-refractivity contribution in [3.05, 3.63) is 71.3 Å². The first-order valence-electron chi connectivity index (χ1n) is 13.8. The van der Waals surface area contributed by atoms with Gasteiger partial charge in [-0.25, -0.2) is 14.2 Å². The Balaban J connectivity index is 1.72. The predicted octanol–water partition coefficient (Wildman–Crippen LogP) is 6.78. The number of piperidine rings is 1. The van der Waals surface area contributed by atoms with Gasteiger partial charge in [-0.2, -0.15) is 0 Å². The molecule has 0 radical (unpaired) electrons. The molecule has 1 aliphatic heterocycles. The van der Waals surface area contributed by atoms with Crippen LogP contribution in [-0.4, -0.2) is 46.3 Å². The monoisotopic (exact) mass is 549 g/mol. The summed E-state index contributed by atoms with van der Waals surface area (Å²) < 4.78 is 25.3. The minimum Gasteiger partial charge on any atom is -0.479 e. The number of rotatable bonds is 9. The maximum Gasteiger partial charge on any atom is 0.337 e. The summed E-state index contributed by atoms with van der Waals surface area (Å²) in [5, 5.41) is 10.3. The molecule has 1 aliphatic rings. The topological polar surface area (TPSA) is 84.8 Å². The van der Waals surface area contributed by atoms with Crippen molar-refractivity contribution in [1.82, 2.24) is 9.97 Å². The molecule has 3 heterocycles. The Morgan fingerprint density at radius 1 is 1.12 bits per heavy atom. The molecule has 0 aliphatic carbocycles. The van der Waals surface area contributed by atoms with E-state index in [4.69, 9.17) is 14.5 Å². The van der Waals surface area contributed by atoms with E-state index in [1.165, 1.54) is 12.1 Å². The van der Waals surface area contributed by atoms with Crippen LogP contribution in [0.1, 0.15) is 70.4 Å². The minimum absolute atomic E-state index is 0.212. The van der Waals surface area contributed by atoms with Crippen molar-refractivity contribution in [3.63, 3.8) is 0 Å². The van der Waals surface area contributed by atoms with E-state index in [2.05, 4.69) is 23.7 Å². The number of hydrogen-bond donors (Lipinski definition) is 1. The minimum atomic E-state index is -1.19. The molecule has 1 atom stereocenters. The van der Waals surface area contributed by atoms with E-state index < -0.39 is 17.7 Å². The van der Waals surface area contributed by atoms with Crippen molar-refractivity contribution in [2.24, 2.45) is 5.41 Å². The van der Waals surface area contributed by atoms with Crippen LogP contribution in [0.4, 0.5) is 10.1 Å². The van der Waals surface area contributed by atoms with Gasteiger partial charge in [0.2, 0.25) is 5.88 Å². The number of anilines is 1. The highest BCUT2D eigenvalue weighted by molar-refractivity contribution is 5.85. The number of carboxylic acid groups (broad SMARTS) is 1. The van der Waals surface area contributed by atoms with E-state index in [1.807, 2.05) is 39.8 Å². The second-order valence-corrected chi connectivity index (χ2v) is 12.2. The summed E-state index contributed by atoms with van der Waals surface area (Å²) in [5.41, 5.74) is 3.87. The van der Waals surface area contributed by atoms with Crippen LogP contribution in [0.2, 0.25) is 0 Å². The van der Waals surface area contributed by atoms with Gasteiger partial charge in [0.15, 0.2) is 6.10 Å². The summed E-state index contributed by atoms with van der Waals surface area (Å²) in [5.74, 6) is -0.870. The first kappa shape index (κ1) is 29.5. The molecule has 214 valence electrons. The second kappa shape index (κ2) is 11.9. The molecule has 0 spiro atoms. The number of carbonyl (C=O) groups is 1. The lowest BCUT2D eigenvalue weighted by Crippen LogP contribution is -2.39. The van der Waals surface area contributed by atoms with Gasteiger partial charge in [-0.1, -0.05) is 32.0 Å². The Morgan fingerprint density at radius 2 is 1.80 bits per heavy atom. The number of aliphatic carboxylic acids is 1. The number of aryl methyl sites for hydroxylation is 1. The number of pyridine rings is 2. The lowest BCUT2D eigenvalue weighted by molar-refractivity contribution is -0.160. The fourth-order valence-electron chi connectivity index (χ4n) is 4.94. The van der Waals surface area contributed by atoms with E-state index >= 15 is 0 Å². The van der Waals surface area contributed by atoms with Gasteiger partial charge in [-0.15, -0.1) is 0 Å². The zero-order valence-corrected chi connectivity index (χ0v) is 24.3. The number of ether oxygens (including phenoxy) is 2. The van der Waals surface area contributed by atoms with Gasteiger partial charge in [0.1, 0.15) is 5.82 Å². The molecule has 8 heteroatoms. The largest absolute Gasteiger partial charge is 0.479 e. The molecule has 3 aromatic rings. The van der Waals surface area contributed by atoms with E-state index in [0.717, 1.165) is 42.7 Å². The van der Waals surface area contributed by atoms with Gasteiger partial charge in [0.25, 0.3) is 0 Å². The number of nitrogens with zero attached hydrogens (tertiary/aromatic N) is 3. The molecule has 0 bridgehead atoms. The Kier molecular flexibility index (Phi) is 8.78. The van der Waals surface area contributed by atoms with Gasteiger partial charge in [-0.3, -0.25) is 4.98 Å². The molecular formula is C32H40FN3O4. The maximum absolute atomic E-state index is 13.2. The van der Waals surface area contributed by atoms with E-state index in [9.17, 15) is 14.3 Å². The summed E-state index contributed by atoms with van der Waals surface area (Å²) >= 11 is 0. The number of hydrogen-bond acceptors (Lipinski definition) is 6. The van der Waals surface area contributed by atoms with Crippen LogP contribution >= 0.6 is 0 Å². The fourth-order valence-corrected chi connectivity index (χ4v) is 4.94. The predicted molar refractivity (Wildman–Crippen MR) is 154 cm³/mol. The van der Waals surface area contributed by atoms with Crippen molar-refractivity contribution in [3.8, 4) is 17.1 Å². The van der Waals surface area contributed by atoms with Crippen LogP contribution in [0.5, 0.6) is 5.88 Å². The molecule has 1 aromatic carbocycles. The second-order valence-electron chi connectivity index (χ2n) is 12.2. The van der Waals surface area contributed by atoms with Gasteiger partial charge in [-0.05, 0) is 69.7 Å². The highest BCUT2D eigenvalue weighted by Crippen LogP contribution is 2.43. The zero-order valence-electron chi connectivity index (χ0n) is 24.3. The number of aromatic nitrogens is 2. The number of carboxylic acids is 1. The van der Waals surface area contributed by atoms with Gasteiger partial charge < -0.3 is 19.5 Å². The normalized spacial score (nSPS) is 16.0. The van der Waals surface area contributed by atoms with Crippen molar-refractivity contribution in [2.75, 3.05) is 24.6 Å². The zero-order chi connectivity index (χ0) is 29.1. The van der Waals surface area contributed by atoms with Crippen LogP contribution < -0.4 is 9.64 Å². The maximum atomic E-state index is 13.2. The van der Waals surface area contributed by atoms with Crippen LogP contribution in [0, 0.1) is 18.2 Å². The quantitative estimate of drug-likeness (QED) is 0.315. The summed E-state index contributed by atoms with van der Waals surface area (Å²) in [6.07, 6.45) is 3.15. The molecule has 7 nitrogen and oxygen atoms in total. The molecule has 1 fully saturated rings. The molecule has 1 saturated heterocycles. The molecule has 4 rings (SSSR count). The van der Waals surface area contributed by atoms with Crippen LogP contribution in [0.15, 0.2) is 48.7 Å². The van der Waals surface area contributed by atoms with Gasteiger partial charge in [0, 0.05) is 48.6 Å². The fraction of sp³-hybridized carbons (Fsp3) is 0.469. The van der Waals surface area contributed by atoms with E-state index in [0.29, 0.717) is 35.9 Å². The summed E-state index contributed by atoms with van der Waals surface area (Å²) in [7, 11) is 0. The molecule has 1 N–H and O–H groups in total. The molecule has 40 heavy (non-hydrogen) atoms. The van der Waals surface area contributed by atoms with Gasteiger partial charge >= 0.3 is 5.97 Å². The first-order valence-corrected chi connectivity index (χ1v) is 13.8. The summed E-state index contributed by atoms with van der Waals surface area (Å²) in [6.45, 7) is 13.9. The van der Waals surface area contributed by atoms with Crippen LogP contribution in [0.3, 0.4) is 0 Å². The highest BCUT2D eigenvalue weighted by atomic mass is 19.1. The Hall–Kier alpha value is -3.52. The standard InChI is InChI=1S/C32H40FN3O4/c1-21-27(29(30(37)38)40-31(2,3)4)28(36-17-15-32(5,6)16-18-36)24(20-34-21)25-8-7-9-26(35-25)39-19-14-22-10-12-23(33)13-11-22/h7-13,20,29H,14-19H2,1-6H3,(H,37,38)/t29-/m0/s1. The third kappa shape index (κ3) is 7.36. The first-order chi connectivity index (χ1) is 18.8. The van der Waals surface area contributed by atoms with Crippen molar-refractivity contribution >= 4 is 11.7 Å². The molecule has 2 aromatic heterocycles. The average molecular weight is 550 g/mol. The van der Waals surface area contributed by atoms with Crippen molar-refractivity contribution in [2.45, 2.75) is 72.5 Å². The van der Waals surface area contributed by atoms with Gasteiger partial charge in [0.05, 0.1) is 23.6 Å².